The molecule has 0 bridgehead atoms. The van der Waals surface area contributed by atoms with E-state index < -0.39 is 0 Å². The molecule has 0 aromatic heterocycles. The second-order valence-electron chi connectivity index (χ2n) is 3.90. The number of benzene rings is 1. The van der Waals surface area contributed by atoms with Crippen LogP contribution in [0.3, 0.4) is 0 Å². The fourth-order valence-corrected chi connectivity index (χ4v) is 1.84. The highest BCUT2D eigenvalue weighted by molar-refractivity contribution is 5.22. The van der Waals surface area contributed by atoms with Crippen LogP contribution in [0.15, 0.2) is 24.3 Å². The Bertz CT molecular complexity index is 328. The predicted octanol–water partition coefficient (Wildman–Crippen LogP) is 1.93. The van der Waals surface area contributed by atoms with E-state index in [9.17, 15) is 4.39 Å². The summed E-state index contributed by atoms with van der Waals surface area (Å²) >= 11 is 0. The minimum atomic E-state index is -0.243. The van der Waals surface area contributed by atoms with E-state index in [1.165, 1.54) is 12.1 Å². The van der Waals surface area contributed by atoms with Crippen LogP contribution in [0.5, 0.6) is 5.75 Å². The SMILES string of the molecule is COC1CC(Oc2ccc(F)cc2)CCN1. The molecule has 4 heteroatoms. The summed E-state index contributed by atoms with van der Waals surface area (Å²) in [5.74, 6) is 0.468. The zero-order chi connectivity index (χ0) is 11.4. The molecule has 1 fully saturated rings. The smallest absolute Gasteiger partial charge is 0.123 e. The highest BCUT2D eigenvalue weighted by Crippen LogP contribution is 2.18. The van der Waals surface area contributed by atoms with Gasteiger partial charge in [0.1, 0.15) is 23.9 Å². The van der Waals surface area contributed by atoms with Crippen LogP contribution in [0.1, 0.15) is 12.8 Å². The van der Waals surface area contributed by atoms with E-state index in [1.54, 1.807) is 19.2 Å². The van der Waals surface area contributed by atoms with Crippen molar-refractivity contribution < 1.29 is 13.9 Å². The number of piperidine rings is 1. The van der Waals surface area contributed by atoms with E-state index >= 15 is 0 Å². The van der Waals surface area contributed by atoms with E-state index in [1.807, 2.05) is 0 Å². The Hall–Kier alpha value is -1.13. The maximum absolute atomic E-state index is 12.7. The van der Waals surface area contributed by atoms with Crippen molar-refractivity contribution in [3.8, 4) is 5.75 Å². The standard InChI is InChI=1S/C12H16FNO2/c1-15-12-8-11(6-7-14-12)16-10-4-2-9(13)3-5-10/h2-5,11-12,14H,6-8H2,1H3. The van der Waals surface area contributed by atoms with Crippen LogP contribution >= 0.6 is 0 Å². The first-order chi connectivity index (χ1) is 7.78. The first kappa shape index (κ1) is 11.4. The Balaban J connectivity index is 1.91. The number of halogens is 1. The molecule has 1 saturated heterocycles. The van der Waals surface area contributed by atoms with Gasteiger partial charge in [-0.3, -0.25) is 5.32 Å². The minimum Gasteiger partial charge on any atom is -0.490 e. The molecule has 2 rings (SSSR count). The van der Waals surface area contributed by atoms with Crippen molar-refractivity contribution in [1.29, 1.82) is 0 Å². The highest BCUT2D eigenvalue weighted by Gasteiger charge is 2.22. The van der Waals surface area contributed by atoms with Gasteiger partial charge in [-0.2, -0.15) is 0 Å². The van der Waals surface area contributed by atoms with Gasteiger partial charge in [0, 0.05) is 20.1 Å². The quantitative estimate of drug-likeness (QED) is 0.852. The zero-order valence-corrected chi connectivity index (χ0v) is 9.28. The van der Waals surface area contributed by atoms with Crippen LogP contribution in [-0.2, 0) is 4.74 Å². The lowest BCUT2D eigenvalue weighted by Gasteiger charge is -2.29. The second-order valence-corrected chi connectivity index (χ2v) is 3.90. The Morgan fingerprint density at radius 2 is 2.06 bits per heavy atom. The fourth-order valence-electron chi connectivity index (χ4n) is 1.84. The minimum absolute atomic E-state index is 0.0548. The first-order valence-electron chi connectivity index (χ1n) is 5.46. The van der Waals surface area contributed by atoms with Crippen molar-refractivity contribution in [2.24, 2.45) is 0 Å². The lowest BCUT2D eigenvalue weighted by molar-refractivity contribution is 0.00716. The van der Waals surface area contributed by atoms with Crippen LogP contribution < -0.4 is 10.1 Å². The number of hydrogen-bond donors (Lipinski definition) is 1. The topological polar surface area (TPSA) is 30.5 Å². The third-order valence-electron chi connectivity index (χ3n) is 2.72. The molecule has 0 spiro atoms. The van der Waals surface area contributed by atoms with Gasteiger partial charge in [0.15, 0.2) is 0 Å². The molecule has 1 aromatic carbocycles. The van der Waals surface area contributed by atoms with E-state index in [4.69, 9.17) is 9.47 Å². The van der Waals surface area contributed by atoms with Gasteiger partial charge in [0.2, 0.25) is 0 Å². The van der Waals surface area contributed by atoms with Crippen LogP contribution in [0.25, 0.3) is 0 Å². The monoisotopic (exact) mass is 225 g/mol. The molecular weight excluding hydrogens is 209 g/mol. The van der Waals surface area contributed by atoms with Gasteiger partial charge in [0.25, 0.3) is 0 Å². The van der Waals surface area contributed by atoms with E-state index in [0.29, 0.717) is 5.75 Å². The summed E-state index contributed by atoms with van der Waals surface area (Å²) in [6.45, 7) is 0.879. The Morgan fingerprint density at radius 1 is 1.31 bits per heavy atom. The molecule has 1 aliphatic heterocycles. The summed E-state index contributed by atoms with van der Waals surface area (Å²) in [4.78, 5) is 0. The molecule has 3 nitrogen and oxygen atoms in total. The maximum Gasteiger partial charge on any atom is 0.123 e. The number of methoxy groups -OCH3 is 1. The second kappa shape index (κ2) is 5.27. The Morgan fingerprint density at radius 3 is 2.75 bits per heavy atom. The average molecular weight is 225 g/mol. The maximum atomic E-state index is 12.7. The molecule has 0 aliphatic carbocycles. The van der Waals surface area contributed by atoms with E-state index in [2.05, 4.69) is 5.32 Å². The molecule has 2 atom stereocenters. The summed E-state index contributed by atoms with van der Waals surface area (Å²) in [5.41, 5.74) is 0. The molecule has 1 N–H and O–H groups in total. The van der Waals surface area contributed by atoms with Crippen LogP contribution in [0.4, 0.5) is 4.39 Å². The van der Waals surface area contributed by atoms with Crippen LogP contribution in [0, 0.1) is 5.82 Å². The lowest BCUT2D eigenvalue weighted by atomic mass is 10.1. The van der Waals surface area contributed by atoms with Crippen LogP contribution in [-0.4, -0.2) is 26.0 Å². The molecule has 88 valence electrons. The van der Waals surface area contributed by atoms with Gasteiger partial charge in [-0.25, -0.2) is 4.39 Å². The molecule has 1 aromatic rings. The van der Waals surface area contributed by atoms with Gasteiger partial charge in [-0.1, -0.05) is 0 Å². The molecule has 1 aliphatic rings. The average Bonchev–Trinajstić information content (AvgIpc) is 2.32. The molecule has 1 heterocycles. The Labute approximate surface area is 94.6 Å². The van der Waals surface area contributed by atoms with Crippen molar-refractivity contribution in [2.75, 3.05) is 13.7 Å². The summed E-state index contributed by atoms with van der Waals surface area (Å²) in [5, 5.41) is 3.23. The molecular formula is C12H16FNO2. The van der Waals surface area contributed by atoms with Crippen molar-refractivity contribution in [2.45, 2.75) is 25.2 Å². The third kappa shape index (κ3) is 2.93. The summed E-state index contributed by atoms with van der Waals surface area (Å²) < 4.78 is 23.7. The van der Waals surface area contributed by atoms with Crippen LogP contribution in [0.2, 0.25) is 0 Å². The summed E-state index contributed by atoms with van der Waals surface area (Å²) in [6, 6.07) is 6.12. The predicted molar refractivity (Wildman–Crippen MR) is 58.8 cm³/mol. The third-order valence-corrected chi connectivity index (χ3v) is 2.72. The van der Waals surface area contributed by atoms with Gasteiger partial charge < -0.3 is 9.47 Å². The highest BCUT2D eigenvalue weighted by atomic mass is 19.1. The fraction of sp³-hybridized carbons (Fsp3) is 0.500. The van der Waals surface area contributed by atoms with E-state index in [-0.39, 0.29) is 18.1 Å². The van der Waals surface area contributed by atoms with Crippen molar-refractivity contribution in [3.63, 3.8) is 0 Å². The van der Waals surface area contributed by atoms with Crippen molar-refractivity contribution in [1.82, 2.24) is 5.32 Å². The number of ether oxygens (including phenoxy) is 2. The molecule has 0 saturated carbocycles. The lowest BCUT2D eigenvalue weighted by Crippen LogP contribution is -2.43. The number of rotatable bonds is 3. The normalized spacial score (nSPS) is 25.4. The largest absolute Gasteiger partial charge is 0.490 e. The van der Waals surface area contributed by atoms with E-state index in [0.717, 1.165) is 19.4 Å². The summed E-state index contributed by atoms with van der Waals surface area (Å²) in [7, 11) is 1.68. The zero-order valence-electron chi connectivity index (χ0n) is 9.28. The van der Waals surface area contributed by atoms with Gasteiger partial charge >= 0.3 is 0 Å². The molecule has 16 heavy (non-hydrogen) atoms. The first-order valence-corrected chi connectivity index (χ1v) is 5.46. The number of nitrogens with one attached hydrogen (secondary N) is 1. The van der Waals surface area contributed by atoms with Crippen molar-refractivity contribution >= 4 is 0 Å². The van der Waals surface area contributed by atoms with Crippen molar-refractivity contribution in [3.05, 3.63) is 30.1 Å². The van der Waals surface area contributed by atoms with Gasteiger partial charge in [0.05, 0.1) is 0 Å². The molecule has 2 unspecified atom stereocenters. The van der Waals surface area contributed by atoms with Gasteiger partial charge in [-0.05, 0) is 30.7 Å². The Kier molecular flexibility index (Phi) is 3.74. The summed E-state index contributed by atoms with van der Waals surface area (Å²) in [6.07, 6.45) is 1.95. The number of hydrogen-bond acceptors (Lipinski definition) is 3. The molecule has 0 radical (unpaired) electrons. The van der Waals surface area contributed by atoms with Gasteiger partial charge in [-0.15, -0.1) is 0 Å². The molecule has 0 amide bonds.